The van der Waals surface area contributed by atoms with Crippen LogP contribution in [0.2, 0.25) is 0 Å². The van der Waals surface area contributed by atoms with Crippen molar-refractivity contribution in [3.8, 4) is 0 Å². The Morgan fingerprint density at radius 1 is 1.18 bits per heavy atom. The molecule has 0 N–H and O–H groups in total. The van der Waals surface area contributed by atoms with Crippen LogP contribution < -0.4 is 0 Å². The topological polar surface area (TPSA) is 12.5 Å². The maximum Gasteiger partial charge on any atom is 0.0543 e. The number of nitrogens with zero attached hydrogens (tertiary/aromatic N) is 1. The van der Waals surface area contributed by atoms with Crippen LogP contribution >= 0.6 is 0 Å². The van der Waals surface area contributed by atoms with Gasteiger partial charge in [0.1, 0.15) is 0 Å². The maximum atomic E-state index is 5.16. The summed E-state index contributed by atoms with van der Waals surface area (Å²) in [5.74, 6) is 0. The Balaban J connectivity index is 3.37. The predicted molar refractivity (Wildman–Crippen MR) is 48.9 cm³/mol. The van der Waals surface area contributed by atoms with Crippen LogP contribution in [-0.2, 0) is 4.74 Å². The van der Waals surface area contributed by atoms with Crippen molar-refractivity contribution in [3.05, 3.63) is 0 Å². The fourth-order valence-corrected chi connectivity index (χ4v) is 0.852. The molecule has 0 fully saturated rings. The second kappa shape index (κ2) is 5.56. The Hall–Kier alpha value is -0.0800. The lowest BCUT2D eigenvalue weighted by Crippen LogP contribution is -2.25. The molecule has 0 bridgehead atoms. The molecule has 68 valence electrons. The zero-order valence-corrected chi connectivity index (χ0v) is 8.42. The van der Waals surface area contributed by atoms with E-state index in [0.29, 0.717) is 12.1 Å². The van der Waals surface area contributed by atoms with Gasteiger partial charge in [0, 0.05) is 13.2 Å². The number of hydrogen-bond donors (Lipinski definition) is 0. The summed E-state index contributed by atoms with van der Waals surface area (Å²) in [6.07, 6.45) is 2.76. The lowest BCUT2D eigenvalue weighted by molar-refractivity contribution is 0.102. The summed E-state index contributed by atoms with van der Waals surface area (Å²) in [5, 5.41) is 0. The van der Waals surface area contributed by atoms with Crippen molar-refractivity contribution in [3.63, 3.8) is 0 Å². The highest BCUT2D eigenvalue weighted by molar-refractivity contribution is 4.61. The van der Waals surface area contributed by atoms with Gasteiger partial charge in [-0.3, -0.25) is 0 Å². The lowest BCUT2D eigenvalue weighted by atomic mass is 10.1. The summed E-state index contributed by atoms with van der Waals surface area (Å²) in [6, 6.07) is 0.660. The third-order valence-corrected chi connectivity index (χ3v) is 2.27. The van der Waals surface area contributed by atoms with E-state index in [1.54, 1.807) is 7.11 Å². The molecule has 0 aromatic carbocycles. The molecule has 0 amide bonds. The van der Waals surface area contributed by atoms with Crippen LogP contribution in [0.25, 0.3) is 0 Å². The maximum absolute atomic E-state index is 5.16. The van der Waals surface area contributed by atoms with Gasteiger partial charge in [-0.1, -0.05) is 0 Å². The summed E-state index contributed by atoms with van der Waals surface area (Å²) in [5.41, 5.74) is 0. The Labute approximate surface area is 70.5 Å². The van der Waals surface area contributed by atoms with Gasteiger partial charge in [0.15, 0.2) is 0 Å². The molecule has 0 aromatic heterocycles. The lowest BCUT2D eigenvalue weighted by Gasteiger charge is -2.20. The Morgan fingerprint density at radius 2 is 1.73 bits per heavy atom. The molecule has 0 aliphatic carbocycles. The van der Waals surface area contributed by atoms with Crippen LogP contribution in [-0.4, -0.2) is 38.3 Å². The molecule has 0 saturated heterocycles. The average Bonchev–Trinajstić information content (AvgIpc) is 1.99. The highest BCUT2D eigenvalue weighted by Crippen LogP contribution is 2.06. The number of rotatable bonds is 5. The minimum Gasteiger partial charge on any atom is -0.382 e. The van der Waals surface area contributed by atoms with E-state index in [2.05, 4.69) is 32.8 Å². The van der Waals surface area contributed by atoms with E-state index < -0.39 is 0 Å². The van der Waals surface area contributed by atoms with Crippen molar-refractivity contribution in [1.82, 2.24) is 4.90 Å². The Morgan fingerprint density at radius 3 is 2.09 bits per heavy atom. The van der Waals surface area contributed by atoms with Gasteiger partial charge in [-0.25, -0.2) is 0 Å². The van der Waals surface area contributed by atoms with Gasteiger partial charge < -0.3 is 9.64 Å². The monoisotopic (exact) mass is 159 g/mol. The molecule has 0 heterocycles. The van der Waals surface area contributed by atoms with E-state index >= 15 is 0 Å². The molecular formula is C9H21NO. The van der Waals surface area contributed by atoms with Crippen molar-refractivity contribution < 1.29 is 4.74 Å². The van der Waals surface area contributed by atoms with Gasteiger partial charge in [-0.15, -0.1) is 0 Å². The van der Waals surface area contributed by atoms with Gasteiger partial charge in [0.25, 0.3) is 0 Å². The number of hydrogen-bond acceptors (Lipinski definition) is 2. The molecule has 0 aliphatic rings. The van der Waals surface area contributed by atoms with Crippen LogP contribution in [0.5, 0.6) is 0 Å². The molecule has 2 atom stereocenters. The molecule has 0 spiro atoms. The van der Waals surface area contributed by atoms with Gasteiger partial charge in [0.05, 0.1) is 6.10 Å². The number of ether oxygens (including phenoxy) is 1. The van der Waals surface area contributed by atoms with Gasteiger partial charge >= 0.3 is 0 Å². The van der Waals surface area contributed by atoms with Crippen molar-refractivity contribution >= 4 is 0 Å². The van der Waals surface area contributed by atoms with Gasteiger partial charge in [-0.05, 0) is 40.8 Å². The average molecular weight is 159 g/mol. The third-order valence-electron chi connectivity index (χ3n) is 2.27. The molecule has 0 unspecified atom stereocenters. The van der Waals surface area contributed by atoms with E-state index in [-0.39, 0.29) is 0 Å². The minimum atomic E-state index is 0.400. The van der Waals surface area contributed by atoms with Crippen LogP contribution in [0, 0.1) is 0 Å². The van der Waals surface area contributed by atoms with Gasteiger partial charge in [0.2, 0.25) is 0 Å². The van der Waals surface area contributed by atoms with Gasteiger partial charge in [-0.2, -0.15) is 0 Å². The molecule has 0 saturated carbocycles. The molecule has 0 radical (unpaired) electrons. The quantitative estimate of drug-likeness (QED) is 0.606. The summed E-state index contributed by atoms with van der Waals surface area (Å²) in [7, 11) is 6.00. The first-order chi connectivity index (χ1) is 5.07. The number of methoxy groups -OCH3 is 1. The summed E-state index contributed by atoms with van der Waals surface area (Å²) in [6.45, 7) is 4.35. The van der Waals surface area contributed by atoms with E-state index in [4.69, 9.17) is 4.74 Å². The van der Waals surface area contributed by atoms with Crippen molar-refractivity contribution in [2.24, 2.45) is 0 Å². The zero-order valence-electron chi connectivity index (χ0n) is 8.42. The first-order valence-corrected chi connectivity index (χ1v) is 4.27. The molecule has 11 heavy (non-hydrogen) atoms. The zero-order chi connectivity index (χ0) is 8.85. The second-order valence-corrected chi connectivity index (χ2v) is 3.44. The van der Waals surface area contributed by atoms with Crippen molar-refractivity contribution in [2.45, 2.75) is 38.8 Å². The second-order valence-electron chi connectivity index (χ2n) is 3.44. The fraction of sp³-hybridized carbons (Fsp3) is 1.00. The molecule has 0 aliphatic heterocycles. The molecule has 2 nitrogen and oxygen atoms in total. The SMILES string of the molecule is CO[C@H](C)CC[C@@H](C)N(C)C. The van der Waals surface area contributed by atoms with E-state index in [0.717, 1.165) is 6.42 Å². The van der Waals surface area contributed by atoms with Crippen molar-refractivity contribution in [2.75, 3.05) is 21.2 Å². The highest BCUT2D eigenvalue weighted by Gasteiger charge is 2.06. The van der Waals surface area contributed by atoms with Crippen molar-refractivity contribution in [1.29, 1.82) is 0 Å². The van der Waals surface area contributed by atoms with Crippen LogP contribution in [0.4, 0.5) is 0 Å². The molecule has 2 heteroatoms. The Kier molecular flexibility index (Phi) is 5.51. The molecular weight excluding hydrogens is 138 g/mol. The van der Waals surface area contributed by atoms with E-state index in [1.165, 1.54) is 6.42 Å². The summed E-state index contributed by atoms with van der Waals surface area (Å²) >= 11 is 0. The summed E-state index contributed by atoms with van der Waals surface area (Å²) < 4.78 is 5.16. The third kappa shape index (κ3) is 5.22. The van der Waals surface area contributed by atoms with E-state index in [1.807, 2.05) is 0 Å². The van der Waals surface area contributed by atoms with Crippen LogP contribution in [0.1, 0.15) is 26.7 Å². The van der Waals surface area contributed by atoms with E-state index in [9.17, 15) is 0 Å². The first kappa shape index (κ1) is 10.9. The normalized spacial score (nSPS) is 16.9. The van der Waals surface area contributed by atoms with Crippen LogP contribution in [0.15, 0.2) is 0 Å². The summed E-state index contributed by atoms with van der Waals surface area (Å²) in [4.78, 5) is 2.24. The largest absolute Gasteiger partial charge is 0.382 e. The fourth-order valence-electron chi connectivity index (χ4n) is 0.852. The Bertz CT molecular complexity index is 93.6. The predicted octanol–water partition coefficient (Wildman–Crippen LogP) is 1.75. The van der Waals surface area contributed by atoms with Crippen LogP contribution in [0.3, 0.4) is 0 Å². The highest BCUT2D eigenvalue weighted by atomic mass is 16.5. The molecule has 0 aromatic rings. The standard InChI is InChI=1S/C9H21NO/c1-8(10(3)4)6-7-9(2)11-5/h8-9H,6-7H2,1-5H3/t8-,9-/m1/s1. The minimum absolute atomic E-state index is 0.400. The molecule has 0 rings (SSSR count). The smallest absolute Gasteiger partial charge is 0.0543 e. The first-order valence-electron chi connectivity index (χ1n) is 4.27.